The van der Waals surface area contributed by atoms with Gasteiger partial charge in [-0.1, -0.05) is 22.4 Å². The van der Waals surface area contributed by atoms with Crippen molar-refractivity contribution in [2.24, 2.45) is 5.41 Å². The van der Waals surface area contributed by atoms with Gasteiger partial charge in [-0.25, -0.2) is 0 Å². The Morgan fingerprint density at radius 2 is 2.12 bits per heavy atom. The van der Waals surface area contributed by atoms with Gasteiger partial charge in [-0.2, -0.15) is 0 Å². The van der Waals surface area contributed by atoms with Gasteiger partial charge < -0.3 is 5.11 Å². The molecule has 2 N–H and O–H groups in total. The third-order valence-corrected chi connectivity index (χ3v) is 3.57. The van der Waals surface area contributed by atoms with Gasteiger partial charge in [-0.3, -0.25) is 14.9 Å². The Labute approximate surface area is 101 Å². The maximum absolute atomic E-state index is 11.7. The number of aromatic nitrogens is 3. The van der Waals surface area contributed by atoms with Crippen molar-refractivity contribution in [1.29, 1.82) is 0 Å². The molecular formula is C9H12N4O3S. The van der Waals surface area contributed by atoms with Gasteiger partial charge in [0, 0.05) is 18.0 Å². The lowest BCUT2D eigenvalue weighted by atomic mass is 9.82. The van der Waals surface area contributed by atoms with Crippen molar-refractivity contribution in [2.75, 3.05) is 5.32 Å². The van der Waals surface area contributed by atoms with Crippen molar-refractivity contribution >= 4 is 28.5 Å². The highest BCUT2D eigenvalue weighted by atomic mass is 32.1. The second-order valence-corrected chi connectivity index (χ2v) is 4.92. The van der Waals surface area contributed by atoms with Crippen molar-refractivity contribution < 1.29 is 14.7 Å². The number of hydrogen-bond acceptors (Lipinski definition) is 6. The monoisotopic (exact) mass is 256 g/mol. The van der Waals surface area contributed by atoms with Crippen LogP contribution in [-0.4, -0.2) is 31.8 Å². The van der Waals surface area contributed by atoms with Gasteiger partial charge in [0.2, 0.25) is 11.0 Å². The van der Waals surface area contributed by atoms with Crippen LogP contribution in [0.5, 0.6) is 0 Å². The van der Waals surface area contributed by atoms with E-state index in [9.17, 15) is 14.7 Å². The van der Waals surface area contributed by atoms with E-state index in [1.54, 1.807) is 0 Å². The van der Waals surface area contributed by atoms with Crippen molar-refractivity contribution in [3.05, 3.63) is 0 Å². The van der Waals surface area contributed by atoms with Gasteiger partial charge in [-0.05, 0) is 18.1 Å². The molecule has 0 bridgehead atoms. The Morgan fingerprint density at radius 1 is 1.41 bits per heavy atom. The van der Waals surface area contributed by atoms with E-state index in [0.717, 1.165) is 24.4 Å². The topological polar surface area (TPSA) is 105 Å². The summed E-state index contributed by atoms with van der Waals surface area (Å²) in [5.74, 6) is -1.23. The summed E-state index contributed by atoms with van der Waals surface area (Å²) in [7, 11) is 0. The predicted molar refractivity (Wildman–Crippen MR) is 59.5 cm³/mol. The van der Waals surface area contributed by atoms with Crippen LogP contribution in [0, 0.1) is 5.41 Å². The maximum Gasteiger partial charge on any atom is 0.310 e. The summed E-state index contributed by atoms with van der Waals surface area (Å²) >= 11 is 0.965. The van der Waals surface area contributed by atoms with Gasteiger partial charge in [0.15, 0.2) is 0 Å². The minimum absolute atomic E-state index is 0.0120. The smallest absolute Gasteiger partial charge is 0.310 e. The molecule has 0 atom stereocenters. The van der Waals surface area contributed by atoms with E-state index in [-0.39, 0.29) is 12.3 Å². The first-order chi connectivity index (χ1) is 8.12. The summed E-state index contributed by atoms with van der Waals surface area (Å²) in [5, 5.41) is 19.0. The van der Waals surface area contributed by atoms with E-state index in [1.165, 1.54) is 0 Å². The quantitative estimate of drug-likeness (QED) is 0.829. The van der Waals surface area contributed by atoms with Crippen LogP contribution in [0.1, 0.15) is 32.1 Å². The average molecular weight is 256 g/mol. The number of anilines is 1. The first kappa shape index (κ1) is 11.9. The van der Waals surface area contributed by atoms with Crippen LogP contribution in [0.2, 0.25) is 0 Å². The zero-order valence-corrected chi connectivity index (χ0v) is 9.87. The number of carbonyl (C=O) groups is 2. The van der Waals surface area contributed by atoms with E-state index >= 15 is 0 Å². The molecule has 1 saturated carbocycles. The standard InChI is InChI=1S/C9H12N4O3S/c14-6(10-8-11-12-13-17-8)5-9(7(15)16)3-1-2-4-9/h1-5H2,(H,15,16)(H,10,11,13,14). The van der Waals surface area contributed by atoms with Gasteiger partial charge in [0.05, 0.1) is 5.41 Å². The summed E-state index contributed by atoms with van der Waals surface area (Å²) < 4.78 is 3.51. The van der Waals surface area contributed by atoms with Crippen LogP contribution >= 0.6 is 11.5 Å². The molecule has 0 unspecified atom stereocenters. The Bertz CT molecular complexity index is 414. The molecule has 92 valence electrons. The summed E-state index contributed by atoms with van der Waals surface area (Å²) in [5.41, 5.74) is -0.901. The number of amides is 1. The van der Waals surface area contributed by atoms with Crippen molar-refractivity contribution in [2.45, 2.75) is 32.1 Å². The predicted octanol–water partition coefficient (Wildman–Crippen LogP) is 0.907. The van der Waals surface area contributed by atoms with E-state index < -0.39 is 11.4 Å². The highest BCUT2D eigenvalue weighted by molar-refractivity contribution is 7.09. The minimum atomic E-state index is -0.901. The molecule has 2 rings (SSSR count). The molecule has 1 heterocycles. The fourth-order valence-corrected chi connectivity index (χ4v) is 2.55. The maximum atomic E-state index is 11.7. The van der Waals surface area contributed by atoms with Crippen LogP contribution in [-0.2, 0) is 9.59 Å². The number of carboxylic acids is 1. The van der Waals surface area contributed by atoms with Gasteiger partial charge in [0.1, 0.15) is 0 Å². The molecule has 1 aromatic rings. The fourth-order valence-electron chi connectivity index (χ4n) is 2.17. The summed E-state index contributed by atoms with van der Waals surface area (Å²) in [6, 6.07) is 0. The summed E-state index contributed by atoms with van der Waals surface area (Å²) in [6.07, 6.45) is 2.83. The second-order valence-electron chi connectivity index (χ2n) is 4.19. The fraction of sp³-hybridized carbons (Fsp3) is 0.667. The van der Waals surface area contributed by atoms with Gasteiger partial charge >= 0.3 is 5.97 Å². The third-order valence-electron chi connectivity index (χ3n) is 3.06. The van der Waals surface area contributed by atoms with E-state index in [0.29, 0.717) is 18.0 Å². The average Bonchev–Trinajstić information content (AvgIpc) is 2.89. The highest BCUT2D eigenvalue weighted by Crippen LogP contribution is 2.41. The number of hydrogen-bond donors (Lipinski definition) is 2. The van der Waals surface area contributed by atoms with Crippen LogP contribution < -0.4 is 5.32 Å². The van der Waals surface area contributed by atoms with Gasteiger partial charge in [-0.15, -0.1) is 0 Å². The lowest BCUT2D eigenvalue weighted by Crippen LogP contribution is -2.32. The molecular weight excluding hydrogens is 244 g/mol. The Balaban J connectivity index is 1.99. The summed E-state index contributed by atoms with van der Waals surface area (Å²) in [4.78, 5) is 23.0. The van der Waals surface area contributed by atoms with Crippen LogP contribution in [0.15, 0.2) is 0 Å². The normalized spacial score (nSPS) is 17.9. The van der Waals surface area contributed by atoms with E-state index in [2.05, 4.69) is 20.1 Å². The zero-order valence-electron chi connectivity index (χ0n) is 9.05. The molecule has 0 spiro atoms. The third kappa shape index (κ3) is 2.57. The van der Waals surface area contributed by atoms with E-state index in [4.69, 9.17) is 0 Å². The molecule has 0 radical (unpaired) electrons. The minimum Gasteiger partial charge on any atom is -0.481 e. The molecule has 17 heavy (non-hydrogen) atoms. The Morgan fingerprint density at radius 3 is 2.65 bits per heavy atom. The molecule has 1 aliphatic rings. The zero-order chi connectivity index (χ0) is 12.3. The molecule has 1 amide bonds. The van der Waals surface area contributed by atoms with Crippen LogP contribution in [0.4, 0.5) is 5.13 Å². The molecule has 0 aromatic carbocycles. The van der Waals surface area contributed by atoms with Crippen molar-refractivity contribution in [1.82, 2.24) is 14.8 Å². The molecule has 0 saturated heterocycles. The van der Waals surface area contributed by atoms with Crippen molar-refractivity contribution in [3.8, 4) is 0 Å². The summed E-state index contributed by atoms with van der Waals surface area (Å²) in [6.45, 7) is 0. The van der Waals surface area contributed by atoms with Crippen LogP contribution in [0.25, 0.3) is 0 Å². The Kier molecular flexibility index (Phi) is 3.32. The lowest BCUT2D eigenvalue weighted by Gasteiger charge is -2.22. The number of rotatable bonds is 4. The molecule has 1 aromatic heterocycles. The molecule has 1 aliphatic carbocycles. The molecule has 7 nitrogen and oxygen atoms in total. The first-order valence-corrected chi connectivity index (χ1v) is 6.08. The van der Waals surface area contributed by atoms with E-state index in [1.807, 2.05) is 0 Å². The second kappa shape index (κ2) is 4.74. The number of nitrogens with one attached hydrogen (secondary N) is 1. The van der Waals surface area contributed by atoms with Gasteiger partial charge in [0.25, 0.3) is 0 Å². The number of carboxylic acid groups (broad SMARTS) is 1. The highest BCUT2D eigenvalue weighted by Gasteiger charge is 2.43. The van der Waals surface area contributed by atoms with Crippen molar-refractivity contribution in [3.63, 3.8) is 0 Å². The largest absolute Gasteiger partial charge is 0.481 e. The number of carbonyl (C=O) groups excluding carboxylic acids is 1. The number of aliphatic carboxylic acids is 1. The van der Waals surface area contributed by atoms with Crippen LogP contribution in [0.3, 0.4) is 0 Å². The number of nitrogens with zero attached hydrogens (tertiary/aromatic N) is 3. The Hall–Kier alpha value is -1.57. The lowest BCUT2D eigenvalue weighted by molar-refractivity contribution is -0.150. The molecule has 8 heteroatoms. The molecule has 1 fully saturated rings. The molecule has 0 aliphatic heterocycles. The SMILES string of the molecule is O=C(CC1(C(=O)O)CCCC1)Nc1nnns1. The first-order valence-electron chi connectivity index (χ1n) is 5.31.